The number of rotatable bonds is 6. The first-order valence-corrected chi connectivity index (χ1v) is 7.74. The maximum absolute atomic E-state index is 12.4. The fourth-order valence-corrected chi connectivity index (χ4v) is 2.56. The Bertz CT molecular complexity index is 933. The van der Waals surface area contributed by atoms with Crippen LogP contribution in [-0.2, 0) is 5.60 Å². The first kappa shape index (κ1) is 16.0. The average molecular weight is 354 g/mol. The van der Waals surface area contributed by atoms with Crippen molar-refractivity contribution in [1.82, 2.24) is 10.5 Å². The van der Waals surface area contributed by atoms with Crippen molar-refractivity contribution >= 4 is 5.91 Å². The smallest absolute Gasteiger partial charge is 0.273 e. The summed E-state index contributed by atoms with van der Waals surface area (Å²) in [6.07, 6.45) is 5.75. The molecule has 0 aliphatic heterocycles. The van der Waals surface area contributed by atoms with Crippen LogP contribution in [0.3, 0.4) is 0 Å². The van der Waals surface area contributed by atoms with Gasteiger partial charge in [0.2, 0.25) is 5.76 Å². The molecule has 1 atom stereocenters. The summed E-state index contributed by atoms with van der Waals surface area (Å²) in [7, 11) is 0. The van der Waals surface area contributed by atoms with E-state index in [1.54, 1.807) is 30.3 Å². The number of hydrogen-bond acceptors (Lipinski definition) is 7. The lowest BCUT2D eigenvalue weighted by Crippen LogP contribution is -2.41. The molecule has 26 heavy (non-hydrogen) atoms. The van der Waals surface area contributed by atoms with Crippen LogP contribution in [0.25, 0.3) is 11.5 Å². The molecule has 0 spiro atoms. The van der Waals surface area contributed by atoms with E-state index in [1.807, 2.05) is 0 Å². The Morgan fingerprint density at radius 2 is 1.96 bits per heavy atom. The fourth-order valence-electron chi connectivity index (χ4n) is 2.56. The van der Waals surface area contributed by atoms with Gasteiger partial charge in [0.15, 0.2) is 17.1 Å². The lowest BCUT2D eigenvalue weighted by atomic mass is 9.93. The normalized spacial score (nSPS) is 13.4. The summed E-state index contributed by atoms with van der Waals surface area (Å²) >= 11 is 0. The summed E-state index contributed by atoms with van der Waals surface area (Å²) in [5.74, 6) is 0.550. The Morgan fingerprint density at radius 3 is 2.65 bits per heavy atom. The summed E-state index contributed by atoms with van der Waals surface area (Å²) in [5.41, 5.74) is -1.07. The number of nitrogens with one attached hydrogen (secondary N) is 1. The SMILES string of the molecule is O=C(NCC(O)(c1ccoc1)c1ccco1)c1cc(-c2ccco2)on1. The minimum absolute atomic E-state index is 0.0605. The van der Waals surface area contributed by atoms with Gasteiger partial charge in [-0.1, -0.05) is 5.16 Å². The topological polar surface area (TPSA) is 115 Å². The molecule has 1 amide bonds. The number of nitrogens with zero attached hydrogens (tertiary/aromatic N) is 1. The van der Waals surface area contributed by atoms with Gasteiger partial charge in [-0.25, -0.2) is 0 Å². The largest absolute Gasteiger partial charge is 0.472 e. The van der Waals surface area contributed by atoms with E-state index in [-0.39, 0.29) is 18.0 Å². The second kappa shape index (κ2) is 6.41. The maximum Gasteiger partial charge on any atom is 0.273 e. The molecule has 4 aromatic heterocycles. The molecule has 0 fully saturated rings. The summed E-state index contributed by atoms with van der Waals surface area (Å²) in [4.78, 5) is 12.4. The van der Waals surface area contributed by atoms with Crippen LogP contribution < -0.4 is 5.32 Å². The van der Waals surface area contributed by atoms with Gasteiger partial charge >= 0.3 is 0 Å². The van der Waals surface area contributed by atoms with E-state index in [4.69, 9.17) is 17.8 Å². The molecule has 2 N–H and O–H groups in total. The standard InChI is InChI=1S/C18H14N2O6/c21-17(13-9-15(26-20-13)14-3-1-6-24-14)19-11-18(22,12-5-8-23-10-12)16-4-2-7-25-16/h1-10,22H,11H2,(H,19,21). The molecule has 4 heterocycles. The number of aliphatic hydroxyl groups is 1. The lowest BCUT2D eigenvalue weighted by molar-refractivity contribution is 0.0518. The molecule has 0 bridgehead atoms. The highest BCUT2D eigenvalue weighted by Gasteiger charge is 2.36. The van der Waals surface area contributed by atoms with Gasteiger partial charge in [-0.2, -0.15) is 0 Å². The Labute approximate surface area is 147 Å². The molecule has 0 saturated carbocycles. The summed E-state index contributed by atoms with van der Waals surface area (Å²) in [5, 5.41) is 17.4. The third kappa shape index (κ3) is 2.82. The van der Waals surface area contributed by atoms with Crippen molar-refractivity contribution in [1.29, 1.82) is 0 Å². The number of carbonyl (C=O) groups excluding carboxylic acids is 1. The first-order chi connectivity index (χ1) is 12.7. The van der Waals surface area contributed by atoms with Crippen LogP contribution in [0, 0.1) is 0 Å². The van der Waals surface area contributed by atoms with E-state index in [0.717, 1.165) is 0 Å². The first-order valence-electron chi connectivity index (χ1n) is 7.74. The zero-order chi connectivity index (χ0) is 18.0. The Balaban J connectivity index is 1.52. The predicted molar refractivity (Wildman–Crippen MR) is 87.0 cm³/mol. The molecular formula is C18H14N2O6. The van der Waals surface area contributed by atoms with Crippen LogP contribution in [-0.4, -0.2) is 22.7 Å². The monoisotopic (exact) mass is 354 g/mol. The second-order valence-electron chi connectivity index (χ2n) is 5.59. The van der Waals surface area contributed by atoms with E-state index in [9.17, 15) is 9.90 Å². The quantitative estimate of drug-likeness (QED) is 0.547. The van der Waals surface area contributed by atoms with E-state index < -0.39 is 11.5 Å². The fraction of sp³-hybridized carbons (Fsp3) is 0.111. The van der Waals surface area contributed by atoms with Crippen molar-refractivity contribution in [2.24, 2.45) is 0 Å². The Morgan fingerprint density at radius 1 is 1.12 bits per heavy atom. The molecule has 8 nitrogen and oxygen atoms in total. The van der Waals surface area contributed by atoms with E-state index in [2.05, 4.69) is 10.5 Å². The van der Waals surface area contributed by atoms with Crippen LogP contribution in [0.4, 0.5) is 0 Å². The van der Waals surface area contributed by atoms with Crippen molar-refractivity contribution in [2.75, 3.05) is 6.54 Å². The zero-order valence-corrected chi connectivity index (χ0v) is 13.4. The maximum atomic E-state index is 12.4. The van der Waals surface area contributed by atoms with Crippen molar-refractivity contribution in [3.63, 3.8) is 0 Å². The highest BCUT2D eigenvalue weighted by Crippen LogP contribution is 2.30. The van der Waals surface area contributed by atoms with Gasteiger partial charge in [0, 0.05) is 11.6 Å². The number of amides is 1. The Kier molecular flexibility index (Phi) is 3.94. The van der Waals surface area contributed by atoms with Gasteiger partial charge in [-0.3, -0.25) is 4.79 Å². The molecule has 8 heteroatoms. The highest BCUT2D eigenvalue weighted by molar-refractivity contribution is 5.93. The van der Waals surface area contributed by atoms with E-state index >= 15 is 0 Å². The van der Waals surface area contributed by atoms with Gasteiger partial charge < -0.3 is 28.2 Å². The van der Waals surface area contributed by atoms with Crippen molar-refractivity contribution in [3.8, 4) is 11.5 Å². The second-order valence-corrected chi connectivity index (χ2v) is 5.59. The third-order valence-corrected chi connectivity index (χ3v) is 3.94. The molecular weight excluding hydrogens is 340 g/mol. The summed E-state index contributed by atoms with van der Waals surface area (Å²) in [6, 6.07) is 9.71. The molecule has 1 unspecified atom stereocenters. The number of aromatic nitrogens is 1. The highest BCUT2D eigenvalue weighted by atomic mass is 16.5. The summed E-state index contributed by atoms with van der Waals surface area (Å²) < 4.78 is 20.7. The van der Waals surface area contributed by atoms with Gasteiger partial charge in [0.05, 0.1) is 31.6 Å². The van der Waals surface area contributed by atoms with Gasteiger partial charge in [0.1, 0.15) is 5.76 Å². The molecule has 0 aliphatic carbocycles. The molecule has 0 saturated heterocycles. The molecule has 0 aromatic carbocycles. The van der Waals surface area contributed by atoms with E-state index in [0.29, 0.717) is 17.1 Å². The van der Waals surface area contributed by atoms with Crippen molar-refractivity contribution < 1.29 is 27.7 Å². The van der Waals surface area contributed by atoms with Crippen LogP contribution in [0.1, 0.15) is 21.8 Å². The Hall–Kier alpha value is -3.52. The average Bonchev–Trinajstić information content (AvgIpc) is 3.45. The van der Waals surface area contributed by atoms with Crippen molar-refractivity contribution in [3.05, 3.63) is 78.5 Å². The third-order valence-electron chi connectivity index (χ3n) is 3.94. The molecule has 132 valence electrons. The van der Waals surface area contributed by atoms with Crippen LogP contribution >= 0.6 is 0 Å². The lowest BCUT2D eigenvalue weighted by Gasteiger charge is -2.24. The number of hydrogen-bond donors (Lipinski definition) is 2. The predicted octanol–water partition coefficient (Wildman–Crippen LogP) is 2.79. The molecule has 0 aliphatic rings. The van der Waals surface area contributed by atoms with E-state index in [1.165, 1.54) is 31.1 Å². The van der Waals surface area contributed by atoms with Crippen molar-refractivity contribution in [2.45, 2.75) is 5.60 Å². The summed E-state index contributed by atoms with van der Waals surface area (Å²) in [6.45, 7) is -0.151. The van der Waals surface area contributed by atoms with Crippen LogP contribution in [0.15, 0.2) is 79.2 Å². The van der Waals surface area contributed by atoms with Gasteiger partial charge in [-0.15, -0.1) is 0 Å². The van der Waals surface area contributed by atoms with Gasteiger partial charge in [-0.05, 0) is 30.3 Å². The molecule has 4 rings (SSSR count). The molecule has 0 radical (unpaired) electrons. The number of furan rings is 3. The minimum Gasteiger partial charge on any atom is -0.472 e. The zero-order valence-electron chi connectivity index (χ0n) is 13.4. The molecule has 4 aromatic rings. The van der Waals surface area contributed by atoms with Gasteiger partial charge in [0.25, 0.3) is 5.91 Å². The van der Waals surface area contributed by atoms with Crippen LogP contribution in [0.5, 0.6) is 0 Å². The minimum atomic E-state index is -1.58. The van der Waals surface area contributed by atoms with Crippen LogP contribution in [0.2, 0.25) is 0 Å². The number of carbonyl (C=O) groups is 1.